The van der Waals surface area contributed by atoms with E-state index >= 15 is 0 Å². The first-order valence-corrected chi connectivity index (χ1v) is 8.94. The number of aryl methyl sites for hydroxylation is 1. The number of ether oxygens (including phenoxy) is 1. The summed E-state index contributed by atoms with van der Waals surface area (Å²) < 4.78 is 34.0. The molecule has 0 bridgehead atoms. The van der Waals surface area contributed by atoms with Gasteiger partial charge < -0.3 is 10.1 Å². The molecule has 28 heavy (non-hydrogen) atoms. The van der Waals surface area contributed by atoms with E-state index in [2.05, 4.69) is 10.4 Å². The molecule has 1 aromatic heterocycles. The number of amides is 1. The van der Waals surface area contributed by atoms with Gasteiger partial charge in [0.1, 0.15) is 12.4 Å². The quantitative estimate of drug-likeness (QED) is 0.669. The molecule has 1 amide bonds. The average Bonchev–Trinajstić information content (AvgIpc) is 3.05. The summed E-state index contributed by atoms with van der Waals surface area (Å²) in [4.78, 5) is 12.6. The highest BCUT2D eigenvalue weighted by Crippen LogP contribution is 2.20. The van der Waals surface area contributed by atoms with E-state index in [9.17, 15) is 13.6 Å². The summed E-state index contributed by atoms with van der Waals surface area (Å²) in [7, 11) is 0. The van der Waals surface area contributed by atoms with Crippen LogP contribution in [0.1, 0.15) is 34.1 Å². The van der Waals surface area contributed by atoms with E-state index in [1.54, 1.807) is 30.5 Å². The fourth-order valence-corrected chi connectivity index (χ4v) is 2.86. The van der Waals surface area contributed by atoms with Gasteiger partial charge in [-0.3, -0.25) is 9.48 Å². The Hall–Kier alpha value is -3.22. The Labute approximate surface area is 161 Å². The van der Waals surface area contributed by atoms with Gasteiger partial charge in [0, 0.05) is 41.5 Å². The van der Waals surface area contributed by atoms with Crippen molar-refractivity contribution in [1.29, 1.82) is 0 Å². The minimum Gasteiger partial charge on any atom is -0.486 e. The van der Waals surface area contributed by atoms with E-state index in [1.165, 1.54) is 6.07 Å². The smallest absolute Gasteiger partial charge is 0.251 e. The summed E-state index contributed by atoms with van der Waals surface area (Å²) in [5.74, 6) is -1.79. The van der Waals surface area contributed by atoms with Gasteiger partial charge in [0.25, 0.3) is 5.91 Å². The molecule has 0 aliphatic rings. The van der Waals surface area contributed by atoms with Gasteiger partial charge in [-0.05, 0) is 32.0 Å². The van der Waals surface area contributed by atoms with Crippen molar-refractivity contribution >= 4 is 5.91 Å². The van der Waals surface area contributed by atoms with E-state index in [1.807, 2.05) is 18.5 Å². The average molecular weight is 385 g/mol. The molecule has 0 radical (unpaired) electrons. The fraction of sp³-hybridized carbons (Fsp3) is 0.238. The highest BCUT2D eigenvalue weighted by atomic mass is 19.1. The standard InChI is InChI=1S/C21H21F2N3O2/c1-3-26-14(2)16(12-25-26)11-24-21(27)18-7-5-4-6-15(18)13-28-20-9-8-17(22)10-19(20)23/h4-10,12H,3,11,13H2,1-2H3,(H,24,27). The first-order valence-electron chi connectivity index (χ1n) is 8.94. The molecule has 0 saturated heterocycles. The number of halogens is 2. The lowest BCUT2D eigenvalue weighted by molar-refractivity contribution is 0.0948. The molecule has 1 heterocycles. The topological polar surface area (TPSA) is 56.2 Å². The van der Waals surface area contributed by atoms with Crippen LogP contribution in [0.2, 0.25) is 0 Å². The van der Waals surface area contributed by atoms with Gasteiger partial charge in [-0.2, -0.15) is 5.10 Å². The molecular formula is C21H21F2N3O2. The van der Waals surface area contributed by atoms with E-state index in [-0.39, 0.29) is 18.3 Å². The SMILES string of the molecule is CCn1ncc(CNC(=O)c2ccccc2COc2ccc(F)cc2F)c1C. The molecule has 7 heteroatoms. The van der Waals surface area contributed by atoms with Gasteiger partial charge in [-0.25, -0.2) is 8.78 Å². The van der Waals surface area contributed by atoms with Crippen LogP contribution in [0, 0.1) is 18.6 Å². The third-order valence-electron chi connectivity index (χ3n) is 4.48. The molecule has 146 valence electrons. The maximum atomic E-state index is 13.7. The monoisotopic (exact) mass is 385 g/mol. The van der Waals surface area contributed by atoms with E-state index in [4.69, 9.17) is 4.74 Å². The van der Waals surface area contributed by atoms with Gasteiger partial charge >= 0.3 is 0 Å². The minimum atomic E-state index is -0.787. The summed E-state index contributed by atoms with van der Waals surface area (Å²) in [5.41, 5.74) is 2.98. The van der Waals surface area contributed by atoms with Crippen LogP contribution in [-0.4, -0.2) is 15.7 Å². The predicted molar refractivity (Wildman–Crippen MR) is 101 cm³/mol. The van der Waals surface area contributed by atoms with Crippen LogP contribution in [0.4, 0.5) is 8.78 Å². The number of nitrogens with zero attached hydrogens (tertiary/aromatic N) is 2. The summed E-state index contributed by atoms with van der Waals surface area (Å²) in [5, 5.41) is 7.14. The normalized spacial score (nSPS) is 10.7. The first-order chi connectivity index (χ1) is 13.5. The highest BCUT2D eigenvalue weighted by Gasteiger charge is 2.14. The Morgan fingerprint density at radius 3 is 2.68 bits per heavy atom. The second kappa shape index (κ2) is 8.65. The van der Waals surface area contributed by atoms with Gasteiger partial charge in [-0.15, -0.1) is 0 Å². The van der Waals surface area contributed by atoms with Crippen molar-refractivity contribution in [3.8, 4) is 5.75 Å². The van der Waals surface area contributed by atoms with Crippen molar-refractivity contribution in [3.63, 3.8) is 0 Å². The van der Waals surface area contributed by atoms with Crippen molar-refractivity contribution in [2.75, 3.05) is 0 Å². The molecule has 0 fully saturated rings. The molecule has 0 atom stereocenters. The van der Waals surface area contributed by atoms with Crippen LogP contribution < -0.4 is 10.1 Å². The summed E-state index contributed by atoms with van der Waals surface area (Å²) >= 11 is 0. The van der Waals surface area contributed by atoms with Crippen LogP contribution in [-0.2, 0) is 19.7 Å². The van der Waals surface area contributed by atoms with Crippen LogP contribution in [0.3, 0.4) is 0 Å². The predicted octanol–water partition coefficient (Wildman–Crippen LogP) is 4.00. The minimum absolute atomic E-state index is 0.0149. The molecule has 0 unspecified atom stereocenters. The van der Waals surface area contributed by atoms with Crippen molar-refractivity contribution in [2.24, 2.45) is 0 Å². The van der Waals surface area contributed by atoms with E-state index in [0.29, 0.717) is 17.7 Å². The van der Waals surface area contributed by atoms with Gasteiger partial charge in [0.05, 0.1) is 6.20 Å². The lowest BCUT2D eigenvalue weighted by Crippen LogP contribution is -2.24. The zero-order valence-electron chi connectivity index (χ0n) is 15.7. The molecule has 0 aliphatic heterocycles. The van der Waals surface area contributed by atoms with Crippen molar-refractivity contribution in [1.82, 2.24) is 15.1 Å². The zero-order valence-corrected chi connectivity index (χ0v) is 15.7. The maximum Gasteiger partial charge on any atom is 0.251 e. The Morgan fingerprint density at radius 1 is 1.18 bits per heavy atom. The Morgan fingerprint density at radius 2 is 1.96 bits per heavy atom. The van der Waals surface area contributed by atoms with Crippen LogP contribution in [0.25, 0.3) is 0 Å². The molecular weight excluding hydrogens is 364 g/mol. The molecule has 2 aromatic carbocycles. The Kier molecular flexibility index (Phi) is 6.03. The number of nitrogens with one attached hydrogen (secondary N) is 1. The molecule has 3 aromatic rings. The molecule has 1 N–H and O–H groups in total. The number of carbonyl (C=O) groups excluding carboxylic acids is 1. The summed E-state index contributed by atoms with van der Waals surface area (Å²) in [6, 6.07) is 10.0. The number of hydrogen-bond donors (Lipinski definition) is 1. The van der Waals surface area contributed by atoms with E-state index < -0.39 is 11.6 Å². The molecule has 0 saturated carbocycles. The Bertz CT molecular complexity index is 986. The van der Waals surface area contributed by atoms with Gasteiger partial charge in [-0.1, -0.05) is 18.2 Å². The van der Waals surface area contributed by atoms with Crippen LogP contribution in [0.5, 0.6) is 5.75 Å². The van der Waals surface area contributed by atoms with Crippen LogP contribution >= 0.6 is 0 Å². The third-order valence-corrected chi connectivity index (χ3v) is 4.48. The zero-order chi connectivity index (χ0) is 20.1. The van der Waals surface area contributed by atoms with Crippen LogP contribution in [0.15, 0.2) is 48.7 Å². The highest BCUT2D eigenvalue weighted by molar-refractivity contribution is 5.95. The number of rotatable bonds is 7. The Balaban J connectivity index is 1.68. The molecule has 0 aliphatic carbocycles. The number of benzene rings is 2. The fourth-order valence-electron chi connectivity index (χ4n) is 2.86. The van der Waals surface area contributed by atoms with Gasteiger partial charge in [0.2, 0.25) is 0 Å². The number of hydrogen-bond acceptors (Lipinski definition) is 3. The lowest BCUT2D eigenvalue weighted by Gasteiger charge is -2.12. The molecule has 3 rings (SSSR count). The first kappa shape index (κ1) is 19.5. The maximum absolute atomic E-state index is 13.7. The second-order valence-electron chi connectivity index (χ2n) is 6.27. The molecule has 0 spiro atoms. The van der Waals surface area contributed by atoms with Crippen molar-refractivity contribution in [2.45, 2.75) is 33.5 Å². The summed E-state index contributed by atoms with van der Waals surface area (Å²) in [6.45, 7) is 5.06. The largest absolute Gasteiger partial charge is 0.486 e. The van der Waals surface area contributed by atoms with Crippen molar-refractivity contribution < 1.29 is 18.3 Å². The second-order valence-corrected chi connectivity index (χ2v) is 6.27. The molecule has 5 nitrogen and oxygen atoms in total. The number of aromatic nitrogens is 2. The number of carbonyl (C=O) groups is 1. The third kappa shape index (κ3) is 4.36. The van der Waals surface area contributed by atoms with Crippen molar-refractivity contribution in [3.05, 3.63) is 82.7 Å². The lowest BCUT2D eigenvalue weighted by atomic mass is 10.1. The van der Waals surface area contributed by atoms with Gasteiger partial charge in [0.15, 0.2) is 11.6 Å². The summed E-state index contributed by atoms with van der Waals surface area (Å²) in [6.07, 6.45) is 1.74. The van der Waals surface area contributed by atoms with E-state index in [0.717, 1.165) is 29.9 Å².